The summed E-state index contributed by atoms with van der Waals surface area (Å²) in [5.41, 5.74) is -0.417. The van der Waals surface area contributed by atoms with Crippen molar-refractivity contribution < 1.29 is 24.5 Å². The third-order valence-corrected chi connectivity index (χ3v) is 3.99. The summed E-state index contributed by atoms with van der Waals surface area (Å²) >= 11 is 0. The number of aliphatic carboxylic acids is 2. The van der Waals surface area contributed by atoms with Crippen molar-refractivity contribution in [2.45, 2.75) is 32.8 Å². The Morgan fingerprint density at radius 2 is 1.62 bits per heavy atom. The summed E-state index contributed by atoms with van der Waals surface area (Å²) in [6, 6.07) is 12.6. The first-order valence-electron chi connectivity index (χ1n) is 8.25. The van der Waals surface area contributed by atoms with E-state index in [1.165, 1.54) is 0 Å². The Labute approximate surface area is 152 Å². The highest BCUT2D eigenvalue weighted by Crippen LogP contribution is 2.28. The number of ether oxygens (including phenoxy) is 1. The summed E-state index contributed by atoms with van der Waals surface area (Å²) in [5.74, 6) is -2.83. The third kappa shape index (κ3) is 4.67. The van der Waals surface area contributed by atoms with Gasteiger partial charge in [0.1, 0.15) is 0 Å². The van der Waals surface area contributed by atoms with Crippen LogP contribution in [0, 0.1) is 5.41 Å². The minimum atomic E-state index is -2.04. The minimum absolute atomic E-state index is 0.170. The molecule has 0 aliphatic rings. The van der Waals surface area contributed by atoms with Crippen molar-refractivity contribution in [2.24, 2.45) is 5.41 Å². The minimum Gasteiger partial charge on any atom is -0.480 e. The van der Waals surface area contributed by atoms with E-state index in [9.17, 15) is 19.8 Å². The molecule has 0 atom stereocenters. The zero-order valence-electron chi connectivity index (χ0n) is 15.1. The van der Waals surface area contributed by atoms with Crippen LogP contribution < -0.4 is 0 Å². The van der Waals surface area contributed by atoms with Crippen molar-refractivity contribution in [2.75, 3.05) is 6.61 Å². The van der Waals surface area contributed by atoms with Gasteiger partial charge in [0.2, 0.25) is 0 Å². The Hall–Kier alpha value is -2.73. The molecule has 0 aliphatic heterocycles. The molecule has 0 saturated heterocycles. The largest absolute Gasteiger partial charge is 0.480 e. The molecule has 0 unspecified atom stereocenters. The first kappa shape index (κ1) is 19.6. The van der Waals surface area contributed by atoms with Gasteiger partial charge in [0.15, 0.2) is 5.41 Å². The lowest BCUT2D eigenvalue weighted by atomic mass is 9.82. The summed E-state index contributed by atoms with van der Waals surface area (Å²) in [4.78, 5) is 27.9. The number of nitrogens with zero attached hydrogens (tertiary/aromatic N) is 1. The van der Waals surface area contributed by atoms with Crippen LogP contribution in [-0.4, -0.2) is 39.3 Å². The number of hydrogen-bond acceptors (Lipinski definition) is 4. The highest BCUT2D eigenvalue weighted by Gasteiger charge is 2.48. The Kier molecular flexibility index (Phi) is 5.77. The Bertz CT molecular complexity index is 749. The van der Waals surface area contributed by atoms with Crippen LogP contribution in [0.4, 0.5) is 0 Å². The van der Waals surface area contributed by atoms with E-state index in [1.54, 1.807) is 51.2 Å². The highest BCUT2D eigenvalue weighted by molar-refractivity contribution is 5.98. The molecule has 6 heteroatoms. The van der Waals surface area contributed by atoms with Gasteiger partial charge in [-0.25, -0.2) is 0 Å². The van der Waals surface area contributed by atoms with Crippen LogP contribution in [0.25, 0.3) is 11.3 Å². The molecule has 0 bridgehead atoms. The second-order valence-corrected chi connectivity index (χ2v) is 7.18. The molecule has 0 fully saturated rings. The van der Waals surface area contributed by atoms with E-state index >= 15 is 0 Å². The number of pyridine rings is 1. The van der Waals surface area contributed by atoms with Gasteiger partial charge in [-0.3, -0.25) is 14.6 Å². The van der Waals surface area contributed by atoms with E-state index in [-0.39, 0.29) is 6.42 Å². The third-order valence-electron chi connectivity index (χ3n) is 3.99. The smallest absolute Gasteiger partial charge is 0.323 e. The lowest BCUT2D eigenvalue weighted by Gasteiger charge is -2.29. The normalized spacial score (nSPS) is 12.0. The first-order valence-corrected chi connectivity index (χ1v) is 8.25. The van der Waals surface area contributed by atoms with Crippen molar-refractivity contribution in [1.82, 2.24) is 4.98 Å². The average Bonchev–Trinajstić information content (AvgIpc) is 2.58. The Morgan fingerprint density at radius 1 is 1.00 bits per heavy atom. The van der Waals surface area contributed by atoms with E-state index in [1.807, 2.05) is 18.2 Å². The summed E-state index contributed by atoms with van der Waals surface area (Å²) in [6.07, 6.45) is 1.52. The molecular weight excluding hydrogens is 334 g/mol. The van der Waals surface area contributed by atoms with Gasteiger partial charge in [-0.15, -0.1) is 0 Å². The van der Waals surface area contributed by atoms with Crippen molar-refractivity contribution in [3.8, 4) is 11.3 Å². The summed E-state index contributed by atoms with van der Waals surface area (Å²) in [7, 11) is 0. The SMILES string of the molecule is CC(C)(C)OCC(Cc1ccc(-c2ccccn2)cc1)(C(=O)O)C(=O)O. The number of benzene rings is 1. The van der Waals surface area contributed by atoms with Gasteiger partial charge < -0.3 is 14.9 Å². The van der Waals surface area contributed by atoms with Crippen LogP contribution in [0.2, 0.25) is 0 Å². The molecular formula is C20H23NO5. The van der Waals surface area contributed by atoms with Crippen LogP contribution in [0.3, 0.4) is 0 Å². The van der Waals surface area contributed by atoms with E-state index in [0.717, 1.165) is 11.3 Å². The van der Waals surface area contributed by atoms with Crippen LogP contribution >= 0.6 is 0 Å². The maximum absolute atomic E-state index is 11.8. The molecule has 2 aromatic rings. The number of hydrogen-bond donors (Lipinski definition) is 2. The average molecular weight is 357 g/mol. The number of carbonyl (C=O) groups is 2. The van der Waals surface area contributed by atoms with E-state index < -0.39 is 29.6 Å². The molecule has 6 nitrogen and oxygen atoms in total. The molecule has 2 N–H and O–H groups in total. The molecule has 2 rings (SSSR count). The molecule has 0 spiro atoms. The quantitative estimate of drug-likeness (QED) is 0.738. The van der Waals surface area contributed by atoms with Crippen molar-refractivity contribution >= 4 is 11.9 Å². The number of carboxylic acids is 2. The summed E-state index contributed by atoms with van der Waals surface area (Å²) in [6.45, 7) is 4.85. The summed E-state index contributed by atoms with van der Waals surface area (Å²) < 4.78 is 5.51. The van der Waals surface area contributed by atoms with Crippen molar-refractivity contribution in [3.05, 3.63) is 54.2 Å². The van der Waals surface area contributed by atoms with Gasteiger partial charge in [-0.2, -0.15) is 0 Å². The Balaban J connectivity index is 2.27. The number of rotatable bonds is 7. The molecule has 1 heterocycles. The molecule has 26 heavy (non-hydrogen) atoms. The Morgan fingerprint density at radius 3 is 2.08 bits per heavy atom. The van der Waals surface area contributed by atoms with Crippen LogP contribution in [0.1, 0.15) is 26.3 Å². The monoisotopic (exact) mass is 357 g/mol. The lowest BCUT2D eigenvalue weighted by Crippen LogP contribution is -2.47. The van der Waals surface area contributed by atoms with Crippen LogP contribution in [-0.2, 0) is 20.7 Å². The second kappa shape index (κ2) is 7.66. The van der Waals surface area contributed by atoms with Crippen LogP contribution in [0.5, 0.6) is 0 Å². The molecule has 138 valence electrons. The molecule has 1 aromatic carbocycles. The molecule has 1 aromatic heterocycles. The topological polar surface area (TPSA) is 96.7 Å². The molecule has 0 aliphatic carbocycles. The van der Waals surface area contributed by atoms with Crippen LogP contribution in [0.15, 0.2) is 48.7 Å². The predicted octanol–water partition coefficient (Wildman–Crippen LogP) is 3.26. The number of aromatic nitrogens is 1. The van der Waals surface area contributed by atoms with E-state index in [0.29, 0.717) is 5.56 Å². The lowest BCUT2D eigenvalue weighted by molar-refractivity contribution is -0.173. The molecule has 0 amide bonds. The zero-order valence-corrected chi connectivity index (χ0v) is 15.1. The van der Waals surface area contributed by atoms with Crippen molar-refractivity contribution in [3.63, 3.8) is 0 Å². The molecule has 0 radical (unpaired) electrons. The first-order chi connectivity index (χ1) is 12.1. The zero-order chi connectivity index (χ0) is 19.4. The maximum atomic E-state index is 11.8. The van der Waals surface area contributed by atoms with E-state index in [2.05, 4.69) is 4.98 Å². The fourth-order valence-corrected chi connectivity index (χ4v) is 2.43. The van der Waals surface area contributed by atoms with Gasteiger partial charge in [-0.05, 0) is 38.5 Å². The van der Waals surface area contributed by atoms with Gasteiger partial charge in [0.05, 0.1) is 17.9 Å². The van der Waals surface area contributed by atoms with Gasteiger partial charge >= 0.3 is 11.9 Å². The molecule has 0 saturated carbocycles. The number of carboxylic acid groups (broad SMARTS) is 2. The van der Waals surface area contributed by atoms with Gasteiger partial charge in [0.25, 0.3) is 0 Å². The van der Waals surface area contributed by atoms with Crippen molar-refractivity contribution in [1.29, 1.82) is 0 Å². The second-order valence-electron chi connectivity index (χ2n) is 7.18. The predicted molar refractivity (Wildman–Crippen MR) is 96.8 cm³/mol. The summed E-state index contributed by atoms with van der Waals surface area (Å²) in [5, 5.41) is 19.2. The van der Waals surface area contributed by atoms with Gasteiger partial charge in [0, 0.05) is 18.2 Å². The standard InChI is InChI=1S/C20H23NO5/c1-19(2,3)26-13-20(17(22)23,18(24)25)12-14-7-9-15(10-8-14)16-6-4-5-11-21-16/h4-11H,12-13H2,1-3H3,(H,22,23)(H,24,25). The fraction of sp³-hybridized carbons (Fsp3) is 0.350. The maximum Gasteiger partial charge on any atom is 0.323 e. The fourth-order valence-electron chi connectivity index (χ4n) is 2.43. The van der Waals surface area contributed by atoms with Gasteiger partial charge in [-0.1, -0.05) is 30.3 Å². The van der Waals surface area contributed by atoms with E-state index in [4.69, 9.17) is 4.74 Å². The highest BCUT2D eigenvalue weighted by atomic mass is 16.5.